The van der Waals surface area contributed by atoms with Gasteiger partial charge in [-0.1, -0.05) is 12.1 Å². The van der Waals surface area contributed by atoms with Gasteiger partial charge in [0, 0.05) is 26.1 Å². The summed E-state index contributed by atoms with van der Waals surface area (Å²) >= 11 is 0. The number of nitrogens with zero attached hydrogens (tertiary/aromatic N) is 2. The Balaban J connectivity index is 1.38. The van der Waals surface area contributed by atoms with Crippen molar-refractivity contribution in [3.63, 3.8) is 0 Å². The minimum atomic E-state index is -0.945. The molecule has 1 aromatic carbocycles. The summed E-state index contributed by atoms with van der Waals surface area (Å²) < 4.78 is 6.14. The molecule has 4 aliphatic heterocycles. The fourth-order valence-corrected chi connectivity index (χ4v) is 5.20. The third kappa shape index (κ3) is 3.56. The van der Waals surface area contributed by atoms with E-state index in [1.54, 1.807) is 12.1 Å². The van der Waals surface area contributed by atoms with E-state index in [1.165, 1.54) is 0 Å². The zero-order valence-electron chi connectivity index (χ0n) is 17.3. The molecule has 4 heterocycles. The highest BCUT2D eigenvalue weighted by Gasteiger charge is 2.46. The zero-order chi connectivity index (χ0) is 21.6. The van der Waals surface area contributed by atoms with Gasteiger partial charge in [0.25, 0.3) is 11.8 Å². The van der Waals surface area contributed by atoms with Gasteiger partial charge in [-0.25, -0.2) is 0 Å². The Kier molecular flexibility index (Phi) is 5.11. The van der Waals surface area contributed by atoms with Crippen LogP contribution in [0, 0.1) is 0 Å². The summed E-state index contributed by atoms with van der Waals surface area (Å²) in [5.74, 6) is -1.88. The lowest BCUT2D eigenvalue weighted by molar-refractivity contribution is -0.136. The van der Waals surface area contributed by atoms with Gasteiger partial charge in [0.15, 0.2) is 0 Å². The molecule has 4 amide bonds. The van der Waals surface area contributed by atoms with Crippen molar-refractivity contribution in [1.29, 1.82) is 0 Å². The van der Waals surface area contributed by atoms with Crippen molar-refractivity contribution < 1.29 is 23.9 Å². The Bertz CT molecular complexity index is 950. The lowest BCUT2D eigenvalue weighted by Gasteiger charge is -2.45. The van der Waals surface area contributed by atoms with Gasteiger partial charge in [-0.15, -0.1) is 0 Å². The van der Waals surface area contributed by atoms with Crippen LogP contribution in [0.15, 0.2) is 18.2 Å². The maximum Gasteiger partial charge on any atom is 0.262 e. The van der Waals surface area contributed by atoms with Crippen molar-refractivity contribution in [1.82, 2.24) is 20.4 Å². The predicted molar refractivity (Wildman–Crippen MR) is 109 cm³/mol. The SMILES string of the molecule is O=C1CCC(N2C(=O)c3cccc(CN4CCOC5(CCNCC5)C4)c3C2=O)C(=O)N1. The topological polar surface area (TPSA) is 108 Å². The average Bonchev–Trinajstić information content (AvgIpc) is 3.00. The number of amides is 4. The van der Waals surface area contributed by atoms with Crippen LogP contribution in [0.1, 0.15) is 52.0 Å². The average molecular weight is 426 g/mol. The van der Waals surface area contributed by atoms with Gasteiger partial charge in [-0.3, -0.25) is 34.3 Å². The molecule has 3 fully saturated rings. The van der Waals surface area contributed by atoms with Gasteiger partial charge in [0.2, 0.25) is 11.8 Å². The quantitative estimate of drug-likeness (QED) is 0.657. The standard InChI is InChI=1S/C22H26N4O5/c27-17-5-4-16(19(28)24-17)26-20(29)15-3-1-2-14(18(15)21(26)30)12-25-10-11-31-22(13-25)6-8-23-9-7-22/h1-3,16,23H,4-13H2,(H,24,27,28). The van der Waals surface area contributed by atoms with Crippen LogP contribution in [0.4, 0.5) is 0 Å². The van der Waals surface area contributed by atoms with Crippen LogP contribution in [0.3, 0.4) is 0 Å². The number of imide groups is 2. The molecule has 0 bridgehead atoms. The number of carbonyl (C=O) groups excluding carboxylic acids is 4. The number of nitrogens with one attached hydrogen (secondary N) is 2. The summed E-state index contributed by atoms with van der Waals surface area (Å²) in [5.41, 5.74) is 1.34. The minimum absolute atomic E-state index is 0.112. The number of piperidine rings is 2. The Hall–Kier alpha value is -2.62. The van der Waals surface area contributed by atoms with E-state index in [2.05, 4.69) is 15.5 Å². The summed E-state index contributed by atoms with van der Waals surface area (Å²) in [6.45, 7) is 4.61. The van der Waals surface area contributed by atoms with E-state index < -0.39 is 23.8 Å². The first-order valence-electron chi connectivity index (χ1n) is 10.9. The van der Waals surface area contributed by atoms with Crippen molar-refractivity contribution >= 4 is 23.6 Å². The van der Waals surface area contributed by atoms with E-state index >= 15 is 0 Å². The van der Waals surface area contributed by atoms with Crippen LogP contribution in [-0.2, 0) is 20.9 Å². The molecular weight excluding hydrogens is 400 g/mol. The minimum Gasteiger partial charge on any atom is -0.372 e. The number of carbonyl (C=O) groups is 4. The van der Waals surface area contributed by atoms with Crippen molar-refractivity contribution in [2.24, 2.45) is 0 Å². The lowest BCUT2D eigenvalue weighted by Crippen LogP contribution is -2.56. The Morgan fingerprint density at radius 2 is 1.90 bits per heavy atom. The maximum absolute atomic E-state index is 13.3. The van der Waals surface area contributed by atoms with Crippen LogP contribution in [0.2, 0.25) is 0 Å². The van der Waals surface area contributed by atoms with Gasteiger partial charge in [-0.2, -0.15) is 0 Å². The molecule has 0 aromatic heterocycles. The summed E-state index contributed by atoms with van der Waals surface area (Å²) in [6, 6.07) is 4.36. The predicted octanol–water partition coefficient (Wildman–Crippen LogP) is 0.0422. The van der Waals surface area contributed by atoms with Crippen molar-refractivity contribution in [2.75, 3.05) is 32.8 Å². The van der Waals surface area contributed by atoms with Crippen LogP contribution in [0.25, 0.3) is 0 Å². The fourth-order valence-electron chi connectivity index (χ4n) is 5.20. The largest absolute Gasteiger partial charge is 0.372 e. The van der Waals surface area contributed by atoms with Crippen LogP contribution < -0.4 is 10.6 Å². The molecule has 2 N–H and O–H groups in total. The first-order chi connectivity index (χ1) is 15.0. The number of hydrogen-bond acceptors (Lipinski definition) is 7. The summed E-state index contributed by atoms with van der Waals surface area (Å²) in [4.78, 5) is 53.4. The molecule has 0 aliphatic carbocycles. The second-order valence-corrected chi connectivity index (χ2v) is 8.78. The molecule has 3 saturated heterocycles. The molecule has 4 aliphatic rings. The van der Waals surface area contributed by atoms with Crippen LogP contribution in [-0.4, -0.2) is 77.9 Å². The van der Waals surface area contributed by atoms with Crippen molar-refractivity contribution in [3.8, 4) is 0 Å². The van der Waals surface area contributed by atoms with E-state index in [9.17, 15) is 19.2 Å². The normalized spacial score (nSPS) is 26.3. The number of rotatable bonds is 3. The fraction of sp³-hybridized carbons (Fsp3) is 0.545. The molecular formula is C22H26N4O5. The summed E-state index contributed by atoms with van der Waals surface area (Å²) in [7, 11) is 0. The van der Waals surface area contributed by atoms with Crippen molar-refractivity contribution in [2.45, 2.75) is 43.9 Å². The molecule has 0 saturated carbocycles. The number of morpholine rings is 1. The number of benzene rings is 1. The smallest absolute Gasteiger partial charge is 0.262 e. The first kappa shape index (κ1) is 20.3. The van der Waals surface area contributed by atoms with E-state index in [0.29, 0.717) is 24.3 Å². The Morgan fingerprint density at radius 1 is 1.10 bits per heavy atom. The number of ether oxygens (including phenoxy) is 1. The zero-order valence-corrected chi connectivity index (χ0v) is 17.3. The third-order valence-electron chi connectivity index (χ3n) is 6.79. The molecule has 5 rings (SSSR count). The number of fused-ring (bicyclic) bond motifs is 1. The summed E-state index contributed by atoms with van der Waals surface area (Å²) in [5, 5.41) is 5.60. The highest BCUT2D eigenvalue weighted by molar-refractivity contribution is 6.24. The molecule has 1 aromatic rings. The molecule has 0 radical (unpaired) electrons. The molecule has 31 heavy (non-hydrogen) atoms. The van der Waals surface area contributed by atoms with Crippen LogP contribution in [0.5, 0.6) is 0 Å². The first-order valence-corrected chi connectivity index (χ1v) is 10.9. The highest BCUT2D eigenvalue weighted by atomic mass is 16.5. The summed E-state index contributed by atoms with van der Waals surface area (Å²) in [6.07, 6.45) is 2.18. The molecule has 9 nitrogen and oxygen atoms in total. The molecule has 164 valence electrons. The highest BCUT2D eigenvalue weighted by Crippen LogP contribution is 2.32. The van der Waals surface area contributed by atoms with Gasteiger partial charge in [-0.05, 0) is 44.0 Å². The molecule has 1 spiro atoms. The monoisotopic (exact) mass is 426 g/mol. The lowest BCUT2D eigenvalue weighted by atomic mass is 9.90. The van der Waals surface area contributed by atoms with Gasteiger partial charge >= 0.3 is 0 Å². The van der Waals surface area contributed by atoms with Crippen LogP contribution >= 0.6 is 0 Å². The van der Waals surface area contributed by atoms with Gasteiger partial charge in [0.05, 0.1) is 23.3 Å². The Labute approximate surface area is 180 Å². The maximum atomic E-state index is 13.3. The van der Waals surface area contributed by atoms with Gasteiger partial charge in [0.1, 0.15) is 6.04 Å². The van der Waals surface area contributed by atoms with E-state index in [4.69, 9.17) is 4.74 Å². The van der Waals surface area contributed by atoms with Gasteiger partial charge < -0.3 is 10.1 Å². The molecule has 1 unspecified atom stereocenters. The number of hydrogen-bond donors (Lipinski definition) is 2. The Morgan fingerprint density at radius 3 is 2.68 bits per heavy atom. The molecule has 1 atom stereocenters. The third-order valence-corrected chi connectivity index (χ3v) is 6.79. The van der Waals surface area contributed by atoms with E-state index in [-0.39, 0.29) is 24.3 Å². The van der Waals surface area contributed by atoms with Crippen molar-refractivity contribution in [3.05, 3.63) is 34.9 Å². The second kappa shape index (κ2) is 7.81. The second-order valence-electron chi connectivity index (χ2n) is 8.78. The van der Waals surface area contributed by atoms with E-state index in [0.717, 1.165) is 49.5 Å². The van der Waals surface area contributed by atoms with E-state index in [1.807, 2.05) is 6.07 Å². The molecule has 9 heteroatoms.